The van der Waals surface area contributed by atoms with Crippen molar-refractivity contribution in [3.63, 3.8) is 0 Å². The molecule has 29 heavy (non-hydrogen) atoms. The largest absolute Gasteiger partial charge is 0.339 e. The van der Waals surface area contributed by atoms with E-state index in [-0.39, 0.29) is 11.8 Å². The summed E-state index contributed by atoms with van der Waals surface area (Å²) in [5.41, 5.74) is 3.16. The number of carbonyl (C=O) groups excluding carboxylic acids is 2. The molecule has 4 heteroatoms. The SMILES string of the molecule is CCN(CC)C(=O)c1ccc(NC(=O)C(c2ccccc2)c2ccccc2)cc1. The van der Waals surface area contributed by atoms with E-state index in [0.717, 1.165) is 11.1 Å². The van der Waals surface area contributed by atoms with Crippen LogP contribution in [0.2, 0.25) is 0 Å². The number of carbonyl (C=O) groups is 2. The lowest BCUT2D eigenvalue weighted by atomic mass is 9.90. The predicted molar refractivity (Wildman–Crippen MR) is 117 cm³/mol. The average molecular weight is 386 g/mol. The summed E-state index contributed by atoms with van der Waals surface area (Å²) in [5, 5.41) is 3.00. The van der Waals surface area contributed by atoms with Crippen LogP contribution in [0, 0.1) is 0 Å². The molecule has 0 radical (unpaired) electrons. The van der Waals surface area contributed by atoms with Crippen LogP contribution in [0.25, 0.3) is 0 Å². The van der Waals surface area contributed by atoms with Gasteiger partial charge in [0.2, 0.25) is 5.91 Å². The molecule has 3 aromatic rings. The quantitative estimate of drug-likeness (QED) is 0.625. The summed E-state index contributed by atoms with van der Waals surface area (Å²) in [7, 11) is 0. The van der Waals surface area contributed by atoms with Gasteiger partial charge < -0.3 is 10.2 Å². The first-order chi connectivity index (χ1) is 14.1. The van der Waals surface area contributed by atoms with E-state index in [0.29, 0.717) is 24.3 Å². The first kappa shape index (κ1) is 20.3. The number of nitrogens with one attached hydrogen (secondary N) is 1. The zero-order valence-electron chi connectivity index (χ0n) is 16.8. The Morgan fingerprint density at radius 1 is 0.759 bits per heavy atom. The molecule has 0 spiro atoms. The van der Waals surface area contributed by atoms with Gasteiger partial charge in [0.25, 0.3) is 5.91 Å². The first-order valence-electron chi connectivity index (χ1n) is 9.94. The summed E-state index contributed by atoms with van der Waals surface area (Å²) in [6, 6.07) is 26.6. The van der Waals surface area contributed by atoms with Gasteiger partial charge in [-0.3, -0.25) is 9.59 Å². The summed E-state index contributed by atoms with van der Waals surface area (Å²) in [4.78, 5) is 27.4. The molecule has 0 saturated carbocycles. The van der Waals surface area contributed by atoms with E-state index in [1.54, 1.807) is 29.2 Å². The molecule has 148 valence electrons. The molecular weight excluding hydrogens is 360 g/mol. The van der Waals surface area contributed by atoms with E-state index >= 15 is 0 Å². The fourth-order valence-electron chi connectivity index (χ4n) is 3.39. The molecule has 3 rings (SSSR count). The van der Waals surface area contributed by atoms with Crippen LogP contribution in [0.4, 0.5) is 5.69 Å². The minimum absolute atomic E-state index is 0.000626. The molecule has 0 unspecified atom stereocenters. The Morgan fingerprint density at radius 2 is 1.24 bits per heavy atom. The lowest BCUT2D eigenvalue weighted by Crippen LogP contribution is -2.30. The number of amides is 2. The van der Waals surface area contributed by atoms with Gasteiger partial charge in [-0.05, 0) is 49.2 Å². The van der Waals surface area contributed by atoms with Crippen molar-refractivity contribution < 1.29 is 9.59 Å². The summed E-state index contributed by atoms with van der Waals surface area (Å²) < 4.78 is 0. The van der Waals surface area contributed by atoms with Crippen molar-refractivity contribution in [1.82, 2.24) is 4.90 Å². The third-order valence-corrected chi connectivity index (χ3v) is 4.98. The highest BCUT2D eigenvalue weighted by atomic mass is 16.2. The molecule has 1 N–H and O–H groups in total. The van der Waals surface area contributed by atoms with Crippen molar-refractivity contribution >= 4 is 17.5 Å². The Bertz CT molecular complexity index is 894. The van der Waals surface area contributed by atoms with E-state index in [4.69, 9.17) is 0 Å². The van der Waals surface area contributed by atoms with Crippen molar-refractivity contribution in [2.45, 2.75) is 19.8 Å². The molecule has 0 aliphatic rings. The number of anilines is 1. The van der Waals surface area contributed by atoms with Gasteiger partial charge in [-0.25, -0.2) is 0 Å². The zero-order valence-corrected chi connectivity index (χ0v) is 16.8. The van der Waals surface area contributed by atoms with Crippen LogP contribution in [0.3, 0.4) is 0 Å². The number of nitrogens with zero attached hydrogens (tertiary/aromatic N) is 1. The number of hydrogen-bond donors (Lipinski definition) is 1. The van der Waals surface area contributed by atoms with Gasteiger partial charge in [-0.2, -0.15) is 0 Å². The van der Waals surface area contributed by atoms with E-state index < -0.39 is 5.92 Å². The normalized spacial score (nSPS) is 10.6. The van der Waals surface area contributed by atoms with E-state index in [2.05, 4.69) is 5.32 Å². The van der Waals surface area contributed by atoms with Crippen molar-refractivity contribution in [1.29, 1.82) is 0 Å². The second kappa shape index (κ2) is 9.69. The van der Waals surface area contributed by atoms with Crippen LogP contribution in [-0.4, -0.2) is 29.8 Å². The predicted octanol–water partition coefficient (Wildman–Crippen LogP) is 4.94. The first-order valence-corrected chi connectivity index (χ1v) is 9.94. The van der Waals surface area contributed by atoms with Crippen LogP contribution >= 0.6 is 0 Å². The third-order valence-electron chi connectivity index (χ3n) is 4.98. The molecule has 0 heterocycles. The van der Waals surface area contributed by atoms with Gasteiger partial charge >= 0.3 is 0 Å². The monoisotopic (exact) mass is 386 g/mol. The maximum atomic E-state index is 13.1. The highest BCUT2D eigenvalue weighted by molar-refractivity contribution is 5.99. The summed E-state index contributed by atoms with van der Waals surface area (Å²) in [5.74, 6) is -0.515. The topological polar surface area (TPSA) is 49.4 Å². The van der Waals surface area contributed by atoms with Gasteiger partial charge in [0.15, 0.2) is 0 Å². The number of benzene rings is 3. The molecule has 0 fully saturated rings. The standard InChI is InChI=1S/C25H26N2O2/c1-3-27(4-2)25(29)21-15-17-22(18-16-21)26-24(28)23(19-11-7-5-8-12-19)20-13-9-6-10-14-20/h5-18,23H,3-4H2,1-2H3,(H,26,28). The molecule has 0 aliphatic carbocycles. The summed E-state index contributed by atoms with van der Waals surface area (Å²) >= 11 is 0. The lowest BCUT2D eigenvalue weighted by Gasteiger charge is -2.19. The highest BCUT2D eigenvalue weighted by Gasteiger charge is 2.22. The van der Waals surface area contributed by atoms with Crippen LogP contribution in [-0.2, 0) is 4.79 Å². The van der Waals surface area contributed by atoms with Crippen molar-refractivity contribution in [3.05, 3.63) is 102 Å². The molecule has 2 amide bonds. The molecule has 0 aromatic heterocycles. The Hall–Kier alpha value is -3.40. The molecule has 3 aromatic carbocycles. The fraction of sp³-hybridized carbons (Fsp3) is 0.200. The Labute approximate surface area is 172 Å². The second-order valence-corrected chi connectivity index (χ2v) is 6.80. The minimum Gasteiger partial charge on any atom is -0.339 e. The van der Waals surface area contributed by atoms with Gasteiger partial charge in [0.1, 0.15) is 0 Å². The Kier molecular flexibility index (Phi) is 6.80. The van der Waals surface area contributed by atoms with E-state index in [1.165, 1.54) is 0 Å². The van der Waals surface area contributed by atoms with Crippen molar-refractivity contribution in [2.75, 3.05) is 18.4 Å². The molecule has 4 nitrogen and oxygen atoms in total. The van der Waals surface area contributed by atoms with Crippen LogP contribution in [0.5, 0.6) is 0 Å². The maximum Gasteiger partial charge on any atom is 0.253 e. The van der Waals surface area contributed by atoms with Gasteiger partial charge in [-0.15, -0.1) is 0 Å². The Balaban J connectivity index is 1.81. The van der Waals surface area contributed by atoms with Gasteiger partial charge in [0.05, 0.1) is 5.92 Å². The van der Waals surface area contributed by atoms with E-state index in [1.807, 2.05) is 74.5 Å². The highest BCUT2D eigenvalue weighted by Crippen LogP contribution is 2.26. The second-order valence-electron chi connectivity index (χ2n) is 6.80. The molecule has 0 atom stereocenters. The zero-order chi connectivity index (χ0) is 20.6. The molecule has 0 saturated heterocycles. The molecule has 0 aliphatic heterocycles. The smallest absolute Gasteiger partial charge is 0.253 e. The average Bonchev–Trinajstić information content (AvgIpc) is 2.77. The van der Waals surface area contributed by atoms with Crippen LogP contribution in [0.1, 0.15) is 41.3 Å². The Morgan fingerprint density at radius 3 is 1.69 bits per heavy atom. The third kappa shape index (κ3) is 4.91. The van der Waals surface area contributed by atoms with Crippen molar-refractivity contribution in [3.8, 4) is 0 Å². The molecule has 0 bridgehead atoms. The molecular formula is C25H26N2O2. The van der Waals surface area contributed by atoms with Gasteiger partial charge in [-0.1, -0.05) is 60.7 Å². The van der Waals surface area contributed by atoms with E-state index in [9.17, 15) is 9.59 Å². The number of hydrogen-bond acceptors (Lipinski definition) is 2. The minimum atomic E-state index is -0.408. The van der Waals surface area contributed by atoms with Crippen LogP contribution < -0.4 is 5.32 Å². The summed E-state index contributed by atoms with van der Waals surface area (Å²) in [6.07, 6.45) is 0. The lowest BCUT2D eigenvalue weighted by molar-refractivity contribution is -0.116. The van der Waals surface area contributed by atoms with Crippen LogP contribution in [0.15, 0.2) is 84.9 Å². The fourth-order valence-corrected chi connectivity index (χ4v) is 3.39. The summed E-state index contributed by atoms with van der Waals surface area (Å²) in [6.45, 7) is 5.26. The number of rotatable bonds is 7. The van der Waals surface area contributed by atoms with Gasteiger partial charge in [0, 0.05) is 24.3 Å². The maximum absolute atomic E-state index is 13.1. The van der Waals surface area contributed by atoms with Crippen molar-refractivity contribution in [2.24, 2.45) is 0 Å².